The van der Waals surface area contributed by atoms with E-state index >= 15 is 0 Å². The molecule has 0 N–H and O–H groups in total. The van der Waals surface area contributed by atoms with E-state index in [2.05, 4.69) is 42.6 Å². The lowest BCUT2D eigenvalue weighted by atomic mass is 9.99. The third-order valence-electron chi connectivity index (χ3n) is 3.70. The van der Waals surface area contributed by atoms with Crippen LogP contribution in [-0.4, -0.2) is 25.5 Å². The second-order valence-corrected chi connectivity index (χ2v) is 6.51. The minimum atomic E-state index is 0.586. The molecule has 3 rings (SSSR count). The van der Waals surface area contributed by atoms with Crippen LogP contribution in [0.25, 0.3) is 5.57 Å². The first-order valence-corrected chi connectivity index (χ1v) is 8.16. The van der Waals surface area contributed by atoms with Crippen LogP contribution in [0.4, 0.5) is 0 Å². The van der Waals surface area contributed by atoms with E-state index in [9.17, 15) is 5.26 Å². The van der Waals surface area contributed by atoms with Crippen LogP contribution in [0.5, 0.6) is 5.75 Å². The van der Waals surface area contributed by atoms with Gasteiger partial charge in [-0.05, 0) is 55.7 Å². The van der Waals surface area contributed by atoms with Gasteiger partial charge < -0.3 is 9.64 Å². The second kappa shape index (κ2) is 6.35. The molecule has 0 bridgehead atoms. The van der Waals surface area contributed by atoms with Crippen molar-refractivity contribution in [2.24, 2.45) is 0 Å². The molecule has 1 aromatic heterocycles. The van der Waals surface area contributed by atoms with E-state index in [0.29, 0.717) is 12.2 Å². The van der Waals surface area contributed by atoms with Crippen molar-refractivity contribution in [1.82, 2.24) is 4.90 Å². The molecule has 0 radical (unpaired) electrons. The van der Waals surface area contributed by atoms with Crippen LogP contribution in [0.2, 0.25) is 0 Å². The van der Waals surface area contributed by atoms with Gasteiger partial charge in [-0.25, -0.2) is 0 Å². The van der Waals surface area contributed by atoms with Gasteiger partial charge in [0.1, 0.15) is 12.4 Å². The Morgan fingerprint density at radius 3 is 3.00 bits per heavy atom. The normalized spacial score (nSPS) is 14.9. The smallest absolute Gasteiger partial charge is 0.127 e. The van der Waals surface area contributed by atoms with Gasteiger partial charge in [0.25, 0.3) is 0 Å². The molecule has 0 atom stereocenters. The number of benzene rings is 1. The van der Waals surface area contributed by atoms with E-state index in [1.165, 1.54) is 16.0 Å². The molecule has 4 heteroatoms. The number of nitriles is 1. The SMILES string of the molecule is CN(C)CCC=C1c2cc(C#N)ccc2OCc2ccsc21. The number of nitrogens with zero attached hydrogens (tertiary/aromatic N) is 2. The number of thiophene rings is 1. The summed E-state index contributed by atoms with van der Waals surface area (Å²) in [6, 6.07) is 10.0. The zero-order chi connectivity index (χ0) is 15.5. The van der Waals surface area contributed by atoms with E-state index in [-0.39, 0.29) is 0 Å². The van der Waals surface area contributed by atoms with Gasteiger partial charge >= 0.3 is 0 Å². The summed E-state index contributed by atoms with van der Waals surface area (Å²) in [5.74, 6) is 0.860. The van der Waals surface area contributed by atoms with E-state index in [4.69, 9.17) is 4.74 Å². The predicted molar refractivity (Wildman–Crippen MR) is 90.1 cm³/mol. The van der Waals surface area contributed by atoms with Gasteiger partial charge in [-0.15, -0.1) is 11.3 Å². The lowest BCUT2D eigenvalue weighted by Crippen LogP contribution is -2.12. The first-order valence-electron chi connectivity index (χ1n) is 7.28. The fourth-order valence-electron chi connectivity index (χ4n) is 2.57. The highest BCUT2D eigenvalue weighted by Gasteiger charge is 2.20. The number of hydrogen-bond acceptors (Lipinski definition) is 4. The number of rotatable bonds is 3. The maximum atomic E-state index is 9.19. The van der Waals surface area contributed by atoms with Crippen molar-refractivity contribution >= 4 is 16.9 Å². The minimum Gasteiger partial charge on any atom is -0.488 e. The summed E-state index contributed by atoms with van der Waals surface area (Å²) in [5.41, 5.74) is 4.10. The Balaban J connectivity index is 2.09. The molecule has 0 spiro atoms. The predicted octanol–water partition coefficient (Wildman–Crippen LogP) is 3.90. The summed E-state index contributed by atoms with van der Waals surface area (Å²) in [6.45, 7) is 1.58. The minimum absolute atomic E-state index is 0.586. The van der Waals surface area contributed by atoms with Gasteiger partial charge in [0.15, 0.2) is 0 Å². The van der Waals surface area contributed by atoms with Crippen molar-refractivity contribution in [3.8, 4) is 11.8 Å². The molecule has 1 aliphatic heterocycles. The zero-order valence-corrected chi connectivity index (χ0v) is 13.6. The van der Waals surface area contributed by atoms with Crippen molar-refractivity contribution in [2.75, 3.05) is 20.6 Å². The average Bonchev–Trinajstić information content (AvgIpc) is 2.92. The van der Waals surface area contributed by atoms with Crippen molar-refractivity contribution < 1.29 is 4.74 Å². The van der Waals surface area contributed by atoms with Crippen LogP contribution >= 0.6 is 11.3 Å². The number of fused-ring (bicyclic) bond motifs is 2. The maximum absolute atomic E-state index is 9.19. The summed E-state index contributed by atoms with van der Waals surface area (Å²) in [7, 11) is 4.15. The highest BCUT2D eigenvalue weighted by atomic mass is 32.1. The monoisotopic (exact) mass is 310 g/mol. The summed E-state index contributed by atoms with van der Waals surface area (Å²) < 4.78 is 5.94. The topological polar surface area (TPSA) is 36.3 Å². The molecular weight excluding hydrogens is 292 g/mol. The van der Waals surface area contributed by atoms with E-state index < -0.39 is 0 Å². The summed E-state index contributed by atoms with van der Waals surface area (Å²) in [4.78, 5) is 3.43. The molecule has 2 aromatic rings. The Morgan fingerprint density at radius 2 is 2.23 bits per heavy atom. The summed E-state index contributed by atoms with van der Waals surface area (Å²) >= 11 is 1.74. The average molecular weight is 310 g/mol. The largest absolute Gasteiger partial charge is 0.488 e. The second-order valence-electron chi connectivity index (χ2n) is 5.60. The van der Waals surface area contributed by atoms with Gasteiger partial charge in [-0.2, -0.15) is 5.26 Å². The first kappa shape index (κ1) is 14.8. The highest BCUT2D eigenvalue weighted by Crippen LogP contribution is 2.39. The van der Waals surface area contributed by atoms with Gasteiger partial charge in [-0.3, -0.25) is 0 Å². The summed E-state index contributed by atoms with van der Waals surface area (Å²) in [6.07, 6.45) is 3.24. The molecule has 0 aliphatic carbocycles. The molecule has 112 valence electrons. The molecule has 22 heavy (non-hydrogen) atoms. The molecule has 3 nitrogen and oxygen atoms in total. The van der Waals surface area contributed by atoms with E-state index in [0.717, 1.165) is 24.3 Å². The fraction of sp³-hybridized carbons (Fsp3) is 0.278. The molecule has 0 amide bonds. The van der Waals surface area contributed by atoms with Crippen LogP contribution in [0, 0.1) is 11.3 Å². The first-order chi connectivity index (χ1) is 10.7. The Kier molecular flexibility index (Phi) is 4.28. The molecule has 0 saturated heterocycles. The van der Waals surface area contributed by atoms with Crippen LogP contribution < -0.4 is 4.74 Å². The van der Waals surface area contributed by atoms with Gasteiger partial charge in [0.2, 0.25) is 0 Å². The Labute approximate surface area is 135 Å². The fourth-order valence-corrected chi connectivity index (χ4v) is 3.54. The number of ether oxygens (including phenoxy) is 1. The Hall–Kier alpha value is -2.09. The Bertz CT molecular complexity index is 753. The quantitative estimate of drug-likeness (QED) is 0.863. The molecule has 0 saturated carbocycles. The van der Waals surface area contributed by atoms with Gasteiger partial charge in [0.05, 0.1) is 11.6 Å². The summed E-state index contributed by atoms with van der Waals surface area (Å²) in [5, 5.41) is 11.3. The zero-order valence-electron chi connectivity index (χ0n) is 12.8. The van der Waals surface area contributed by atoms with Crippen molar-refractivity contribution in [3.05, 3.63) is 57.3 Å². The van der Waals surface area contributed by atoms with Crippen LogP contribution in [0.1, 0.15) is 28.0 Å². The van der Waals surface area contributed by atoms with Crippen molar-refractivity contribution in [3.63, 3.8) is 0 Å². The highest BCUT2D eigenvalue weighted by molar-refractivity contribution is 7.11. The Morgan fingerprint density at radius 1 is 1.36 bits per heavy atom. The van der Waals surface area contributed by atoms with Crippen molar-refractivity contribution in [2.45, 2.75) is 13.0 Å². The van der Waals surface area contributed by atoms with E-state index in [1.807, 2.05) is 18.2 Å². The molecule has 1 aliphatic rings. The van der Waals surface area contributed by atoms with Crippen LogP contribution in [0.15, 0.2) is 35.7 Å². The standard InChI is InChI=1S/C18H18N2OS/c1-20(2)8-3-4-15-16-10-13(11-19)5-6-17(16)21-12-14-7-9-22-18(14)15/h4-7,9-10H,3,8,12H2,1-2H3. The molecule has 0 fully saturated rings. The van der Waals surface area contributed by atoms with Gasteiger partial charge in [0, 0.05) is 22.5 Å². The van der Waals surface area contributed by atoms with E-state index in [1.54, 1.807) is 11.3 Å². The van der Waals surface area contributed by atoms with Gasteiger partial charge in [-0.1, -0.05) is 6.08 Å². The molecule has 2 heterocycles. The lowest BCUT2D eigenvalue weighted by Gasteiger charge is -2.11. The molecule has 0 unspecified atom stereocenters. The molecular formula is C18H18N2OS. The number of hydrogen-bond donors (Lipinski definition) is 0. The van der Waals surface area contributed by atoms with Crippen LogP contribution in [-0.2, 0) is 6.61 Å². The third-order valence-corrected chi connectivity index (χ3v) is 4.69. The van der Waals surface area contributed by atoms with Crippen molar-refractivity contribution in [1.29, 1.82) is 5.26 Å². The molecule has 1 aromatic carbocycles. The third kappa shape index (κ3) is 2.92. The maximum Gasteiger partial charge on any atom is 0.127 e. The lowest BCUT2D eigenvalue weighted by molar-refractivity contribution is 0.307. The van der Waals surface area contributed by atoms with Crippen LogP contribution in [0.3, 0.4) is 0 Å².